The molecular weight excluding hydrogens is 414 g/mol. The second-order valence-corrected chi connectivity index (χ2v) is 10.4. The highest BCUT2D eigenvalue weighted by Gasteiger charge is 2.30. The summed E-state index contributed by atoms with van der Waals surface area (Å²) in [4.78, 5) is 10.3. The van der Waals surface area contributed by atoms with Crippen molar-refractivity contribution in [3.8, 4) is 11.3 Å². The third-order valence-corrected chi connectivity index (χ3v) is 7.35. The first-order valence-electron chi connectivity index (χ1n) is 12.9. The molecule has 1 aliphatic carbocycles. The third-order valence-electron chi connectivity index (χ3n) is 7.35. The van der Waals surface area contributed by atoms with Gasteiger partial charge in [-0.15, -0.1) is 0 Å². The van der Waals surface area contributed by atoms with Crippen LogP contribution in [-0.2, 0) is 6.42 Å². The van der Waals surface area contributed by atoms with Crippen LogP contribution in [0.2, 0.25) is 0 Å². The van der Waals surface area contributed by atoms with Gasteiger partial charge in [-0.05, 0) is 53.9 Å². The lowest BCUT2D eigenvalue weighted by Crippen LogP contribution is -2.30. The van der Waals surface area contributed by atoms with Gasteiger partial charge in [0.05, 0.1) is 24.1 Å². The smallest absolute Gasteiger partial charge is 0.0948 e. The Kier molecular flexibility index (Phi) is 6.45. The van der Waals surface area contributed by atoms with E-state index < -0.39 is 0 Å². The van der Waals surface area contributed by atoms with Crippen molar-refractivity contribution in [3.05, 3.63) is 95.4 Å². The van der Waals surface area contributed by atoms with Gasteiger partial charge < -0.3 is 9.80 Å². The minimum absolute atomic E-state index is 0.316. The van der Waals surface area contributed by atoms with Gasteiger partial charge in [-0.3, -0.25) is 4.98 Å². The topological polar surface area (TPSA) is 19.4 Å². The van der Waals surface area contributed by atoms with Gasteiger partial charge >= 0.3 is 0 Å². The minimum atomic E-state index is 0.316. The van der Waals surface area contributed by atoms with Crippen molar-refractivity contribution in [2.45, 2.75) is 71.3 Å². The monoisotopic (exact) mass is 451 g/mol. The standard InChI is InChI=1S/C31H37N3/c1-22(2)26-14-10-15-27(23(3)4)31(26)34-20-19-33(21-34)29-16-9-8-13-25-17-18-28(32-30(25)29)24-11-6-5-7-12-24/h5-7,10-12,14-15,17-20,22-23,29H,8-9,13,16,21H2,1-4H3. The number of nitrogens with zero attached hydrogens (tertiary/aromatic N) is 3. The number of pyridine rings is 1. The van der Waals surface area contributed by atoms with Crippen LogP contribution in [0.3, 0.4) is 0 Å². The van der Waals surface area contributed by atoms with E-state index in [1.807, 2.05) is 0 Å². The molecule has 1 unspecified atom stereocenters. The lowest BCUT2D eigenvalue weighted by atomic mass is 9.92. The lowest BCUT2D eigenvalue weighted by Gasteiger charge is -2.32. The Balaban J connectivity index is 1.48. The Labute approximate surface area is 205 Å². The Hall–Kier alpha value is -3.07. The Morgan fingerprint density at radius 2 is 1.53 bits per heavy atom. The van der Waals surface area contributed by atoms with E-state index >= 15 is 0 Å². The number of aromatic nitrogens is 1. The first kappa shape index (κ1) is 22.7. The van der Waals surface area contributed by atoms with Crippen LogP contribution in [0.5, 0.6) is 0 Å². The summed E-state index contributed by atoms with van der Waals surface area (Å²) in [6, 6.07) is 22.3. The van der Waals surface area contributed by atoms with E-state index in [1.54, 1.807) is 0 Å². The minimum Gasteiger partial charge on any atom is -0.350 e. The Morgan fingerprint density at radius 3 is 2.24 bits per heavy atom. The average Bonchev–Trinajstić information content (AvgIpc) is 3.24. The summed E-state index contributed by atoms with van der Waals surface area (Å²) in [7, 11) is 0. The van der Waals surface area contributed by atoms with Crippen LogP contribution >= 0.6 is 0 Å². The van der Waals surface area contributed by atoms with Crippen LogP contribution in [0, 0.1) is 0 Å². The zero-order chi connectivity index (χ0) is 23.7. The average molecular weight is 452 g/mol. The first-order valence-corrected chi connectivity index (χ1v) is 12.9. The number of fused-ring (bicyclic) bond motifs is 1. The van der Waals surface area contributed by atoms with Gasteiger partial charge in [0, 0.05) is 23.7 Å². The van der Waals surface area contributed by atoms with Crippen LogP contribution in [0.15, 0.2) is 73.1 Å². The summed E-state index contributed by atoms with van der Waals surface area (Å²) in [5.41, 5.74) is 9.22. The number of anilines is 1. The molecule has 2 aliphatic rings. The van der Waals surface area contributed by atoms with Crippen molar-refractivity contribution in [2.75, 3.05) is 11.6 Å². The Morgan fingerprint density at radius 1 is 0.794 bits per heavy atom. The maximum Gasteiger partial charge on any atom is 0.0948 e. The second kappa shape index (κ2) is 9.66. The van der Waals surface area contributed by atoms with Gasteiger partial charge in [0.15, 0.2) is 0 Å². The molecule has 0 saturated heterocycles. The Bertz CT molecular complexity index is 1140. The van der Waals surface area contributed by atoms with Crippen LogP contribution in [0.25, 0.3) is 11.3 Å². The number of hydrogen-bond acceptors (Lipinski definition) is 3. The van der Waals surface area contributed by atoms with Crippen molar-refractivity contribution >= 4 is 5.69 Å². The molecule has 0 fully saturated rings. The van der Waals surface area contributed by atoms with Crippen LogP contribution in [0.1, 0.15) is 87.2 Å². The maximum atomic E-state index is 5.26. The summed E-state index contributed by atoms with van der Waals surface area (Å²) in [6.07, 6.45) is 9.36. The van der Waals surface area contributed by atoms with E-state index in [0.29, 0.717) is 17.9 Å². The molecule has 0 spiro atoms. The molecular formula is C31H37N3. The fourth-order valence-corrected chi connectivity index (χ4v) is 5.51. The van der Waals surface area contributed by atoms with E-state index in [9.17, 15) is 0 Å². The zero-order valence-corrected chi connectivity index (χ0v) is 21.0. The molecule has 0 amide bonds. The number of para-hydroxylation sites is 1. The maximum absolute atomic E-state index is 5.26. The predicted molar refractivity (Wildman–Crippen MR) is 143 cm³/mol. The molecule has 3 nitrogen and oxygen atoms in total. The van der Waals surface area contributed by atoms with E-state index in [0.717, 1.165) is 25.2 Å². The fourth-order valence-electron chi connectivity index (χ4n) is 5.51. The van der Waals surface area contributed by atoms with Gasteiger partial charge in [-0.25, -0.2) is 0 Å². The highest BCUT2D eigenvalue weighted by Crippen LogP contribution is 2.40. The summed E-state index contributed by atoms with van der Waals surface area (Å²) < 4.78 is 0. The van der Waals surface area contributed by atoms with Gasteiger partial charge in [0.2, 0.25) is 0 Å². The van der Waals surface area contributed by atoms with Gasteiger partial charge in [0.25, 0.3) is 0 Å². The molecule has 5 rings (SSSR count). The number of hydrogen-bond donors (Lipinski definition) is 0. The zero-order valence-electron chi connectivity index (χ0n) is 21.0. The normalized spacial score (nSPS) is 18.0. The molecule has 0 radical (unpaired) electrons. The van der Waals surface area contributed by atoms with E-state index in [1.165, 1.54) is 46.5 Å². The van der Waals surface area contributed by atoms with E-state index in [2.05, 4.69) is 111 Å². The van der Waals surface area contributed by atoms with Gasteiger partial charge in [0.1, 0.15) is 0 Å². The molecule has 1 aromatic heterocycles. The first-order chi connectivity index (χ1) is 16.5. The van der Waals surface area contributed by atoms with Crippen molar-refractivity contribution < 1.29 is 0 Å². The van der Waals surface area contributed by atoms with Crippen LogP contribution in [-0.4, -0.2) is 16.6 Å². The van der Waals surface area contributed by atoms with Crippen molar-refractivity contribution in [1.82, 2.24) is 9.88 Å². The highest BCUT2D eigenvalue weighted by atomic mass is 15.4. The van der Waals surface area contributed by atoms with Crippen LogP contribution < -0.4 is 4.90 Å². The summed E-state index contributed by atoms with van der Waals surface area (Å²) >= 11 is 0. The molecule has 34 heavy (non-hydrogen) atoms. The number of aryl methyl sites for hydroxylation is 1. The number of rotatable bonds is 5. The molecule has 3 heteroatoms. The van der Waals surface area contributed by atoms with Crippen molar-refractivity contribution in [2.24, 2.45) is 0 Å². The summed E-state index contributed by atoms with van der Waals surface area (Å²) in [5.74, 6) is 0.981. The second-order valence-electron chi connectivity index (χ2n) is 10.4. The van der Waals surface area contributed by atoms with Crippen molar-refractivity contribution in [3.63, 3.8) is 0 Å². The highest BCUT2D eigenvalue weighted by molar-refractivity contribution is 5.64. The van der Waals surface area contributed by atoms with Crippen molar-refractivity contribution in [1.29, 1.82) is 0 Å². The largest absolute Gasteiger partial charge is 0.350 e. The summed E-state index contributed by atoms with van der Waals surface area (Å²) in [6.45, 7) is 10.1. The number of benzene rings is 2. The molecule has 1 atom stereocenters. The molecule has 0 N–H and O–H groups in total. The molecule has 3 aromatic rings. The molecule has 2 aromatic carbocycles. The van der Waals surface area contributed by atoms with E-state index in [4.69, 9.17) is 4.98 Å². The third kappa shape index (κ3) is 4.36. The summed E-state index contributed by atoms with van der Waals surface area (Å²) in [5, 5.41) is 0. The molecule has 2 heterocycles. The molecule has 176 valence electrons. The molecule has 0 bridgehead atoms. The fraction of sp³-hybridized carbons (Fsp3) is 0.387. The quantitative estimate of drug-likeness (QED) is 0.366. The van der Waals surface area contributed by atoms with Gasteiger partial charge in [-0.2, -0.15) is 0 Å². The predicted octanol–water partition coefficient (Wildman–Crippen LogP) is 8.01. The molecule has 0 saturated carbocycles. The lowest BCUT2D eigenvalue weighted by molar-refractivity contribution is 0.279. The van der Waals surface area contributed by atoms with Crippen LogP contribution in [0.4, 0.5) is 5.69 Å². The van der Waals surface area contributed by atoms with Gasteiger partial charge in [-0.1, -0.05) is 88.7 Å². The molecule has 1 aliphatic heterocycles. The van der Waals surface area contributed by atoms with E-state index in [-0.39, 0.29) is 0 Å². The SMILES string of the molecule is CC(C)c1cccc(C(C)C)c1N1C=CN(C2CCCCc3ccc(-c4ccccc4)nc32)C1.